The van der Waals surface area contributed by atoms with Crippen LogP contribution in [0.15, 0.2) is 65.6 Å². The van der Waals surface area contributed by atoms with Crippen LogP contribution in [0.5, 0.6) is 11.5 Å². The van der Waals surface area contributed by atoms with Gasteiger partial charge in [0.25, 0.3) is 11.6 Å². The van der Waals surface area contributed by atoms with E-state index in [1.165, 1.54) is 29.2 Å². The number of aryl methyl sites for hydroxylation is 2. The van der Waals surface area contributed by atoms with Gasteiger partial charge in [-0.15, -0.1) is 6.58 Å². The van der Waals surface area contributed by atoms with E-state index in [0.29, 0.717) is 22.8 Å². The van der Waals surface area contributed by atoms with Crippen molar-refractivity contribution in [2.45, 2.75) is 26.9 Å². The molecule has 37 heavy (non-hydrogen) atoms. The van der Waals surface area contributed by atoms with Crippen molar-refractivity contribution in [1.82, 2.24) is 9.80 Å². The van der Waals surface area contributed by atoms with E-state index in [1.54, 1.807) is 24.0 Å². The number of hydrogen-bond donors (Lipinski definition) is 0. The van der Waals surface area contributed by atoms with Crippen LogP contribution < -0.4 is 9.47 Å². The molecule has 10 nitrogen and oxygen atoms in total. The molecule has 0 aliphatic carbocycles. The topological polar surface area (TPSA) is 115 Å². The third-order valence-corrected chi connectivity index (χ3v) is 5.92. The lowest BCUT2D eigenvalue weighted by atomic mass is 10.1. The number of nitrogens with zero attached hydrogens (tertiary/aromatic N) is 3. The quantitative estimate of drug-likeness (QED) is 0.228. The maximum Gasteiger partial charge on any atom is 0.273 e. The lowest BCUT2D eigenvalue weighted by Crippen LogP contribution is -2.42. The van der Waals surface area contributed by atoms with Gasteiger partial charge in [-0.25, -0.2) is 0 Å². The second-order valence-corrected chi connectivity index (χ2v) is 8.68. The number of carbonyl (C=O) groups is 2. The Morgan fingerprint density at radius 2 is 1.81 bits per heavy atom. The Morgan fingerprint density at radius 1 is 1.03 bits per heavy atom. The van der Waals surface area contributed by atoms with E-state index < -0.39 is 10.8 Å². The largest absolute Gasteiger partial charge is 0.464 e. The van der Waals surface area contributed by atoms with E-state index in [4.69, 9.17) is 13.9 Å². The fraction of sp³-hybridized carbons (Fsp3) is 0.259. The van der Waals surface area contributed by atoms with Crippen molar-refractivity contribution in [3.8, 4) is 11.5 Å². The normalized spacial score (nSPS) is 11.7. The zero-order valence-electron chi connectivity index (χ0n) is 20.6. The summed E-state index contributed by atoms with van der Waals surface area (Å²) in [5, 5.41) is 11.4. The molecule has 0 atom stereocenters. The van der Waals surface area contributed by atoms with Crippen molar-refractivity contribution in [1.29, 1.82) is 0 Å². The Morgan fingerprint density at radius 3 is 2.51 bits per heavy atom. The molecular formula is C27H27N3O7. The number of furan rings is 1. The first-order valence-electron chi connectivity index (χ1n) is 11.6. The van der Waals surface area contributed by atoms with Crippen molar-refractivity contribution >= 4 is 17.5 Å². The van der Waals surface area contributed by atoms with Crippen LogP contribution in [-0.4, -0.2) is 46.4 Å². The zero-order valence-corrected chi connectivity index (χ0v) is 20.6. The highest BCUT2D eigenvalue weighted by molar-refractivity contribution is 5.97. The van der Waals surface area contributed by atoms with E-state index in [9.17, 15) is 19.7 Å². The van der Waals surface area contributed by atoms with Crippen molar-refractivity contribution in [3.63, 3.8) is 0 Å². The molecular weight excluding hydrogens is 478 g/mol. The summed E-state index contributed by atoms with van der Waals surface area (Å²) in [6, 6.07) is 13.3. The van der Waals surface area contributed by atoms with Crippen molar-refractivity contribution in [2.75, 3.05) is 19.9 Å². The minimum Gasteiger partial charge on any atom is -0.464 e. The number of amides is 2. The summed E-state index contributed by atoms with van der Waals surface area (Å²) < 4.78 is 16.5. The van der Waals surface area contributed by atoms with Gasteiger partial charge < -0.3 is 23.7 Å². The summed E-state index contributed by atoms with van der Waals surface area (Å²) in [5.74, 6) is 1.72. The number of hydrogen-bond acceptors (Lipinski definition) is 7. The van der Waals surface area contributed by atoms with Crippen LogP contribution >= 0.6 is 0 Å². The highest BCUT2D eigenvalue weighted by Gasteiger charge is 2.25. The molecule has 0 saturated carbocycles. The number of nitro groups is 1. The lowest BCUT2D eigenvalue weighted by Gasteiger charge is -2.27. The second kappa shape index (κ2) is 11.0. The Labute approximate surface area is 213 Å². The van der Waals surface area contributed by atoms with Crippen LogP contribution in [0.3, 0.4) is 0 Å². The Balaban J connectivity index is 1.57. The van der Waals surface area contributed by atoms with Gasteiger partial charge in [0.05, 0.1) is 11.5 Å². The first-order chi connectivity index (χ1) is 17.7. The number of rotatable bonds is 10. The molecule has 1 aliphatic heterocycles. The minimum absolute atomic E-state index is 0.0873. The second-order valence-electron chi connectivity index (χ2n) is 8.68. The first kappa shape index (κ1) is 25.5. The van der Waals surface area contributed by atoms with Crippen LogP contribution in [-0.2, 0) is 17.9 Å². The van der Waals surface area contributed by atoms with Gasteiger partial charge in [-0.3, -0.25) is 19.7 Å². The van der Waals surface area contributed by atoms with Gasteiger partial charge in [0.1, 0.15) is 18.1 Å². The van der Waals surface area contributed by atoms with Gasteiger partial charge in [0.2, 0.25) is 12.7 Å². The van der Waals surface area contributed by atoms with Gasteiger partial charge in [0, 0.05) is 30.3 Å². The van der Waals surface area contributed by atoms with Crippen molar-refractivity contribution in [2.24, 2.45) is 0 Å². The smallest absolute Gasteiger partial charge is 0.273 e. The van der Waals surface area contributed by atoms with Crippen LogP contribution in [0.25, 0.3) is 0 Å². The lowest BCUT2D eigenvalue weighted by molar-refractivity contribution is -0.385. The molecule has 0 unspecified atom stereocenters. The molecule has 0 spiro atoms. The standard InChI is InChI=1S/C27H27N3O7/c1-4-11-28(27(32)21-8-5-18(2)23(13-21)30(33)34)16-26(31)29(15-22-9-6-19(3)37-22)14-20-7-10-24-25(12-20)36-17-35-24/h4-10,12-13H,1,11,14-17H2,2-3H3. The van der Waals surface area contributed by atoms with Gasteiger partial charge in [0.15, 0.2) is 11.5 Å². The van der Waals surface area contributed by atoms with Crippen LogP contribution in [0, 0.1) is 24.0 Å². The molecule has 1 aromatic heterocycles. The predicted octanol–water partition coefficient (Wildman–Crippen LogP) is 4.39. The monoisotopic (exact) mass is 505 g/mol. The maximum absolute atomic E-state index is 13.5. The molecule has 10 heteroatoms. The molecule has 2 aromatic carbocycles. The molecule has 0 saturated heterocycles. The predicted molar refractivity (Wildman–Crippen MR) is 134 cm³/mol. The number of benzene rings is 2. The summed E-state index contributed by atoms with van der Waals surface area (Å²) >= 11 is 0. The SMILES string of the molecule is C=CCN(CC(=O)N(Cc1ccc2c(c1)OCO2)Cc1ccc(C)o1)C(=O)c1ccc(C)c([N+](=O)[O-])c1. The van der Waals surface area contributed by atoms with Crippen molar-refractivity contribution in [3.05, 3.63) is 99.5 Å². The Kier molecular flexibility index (Phi) is 7.57. The third-order valence-electron chi connectivity index (χ3n) is 5.92. The van der Waals surface area contributed by atoms with E-state index in [0.717, 1.165) is 11.3 Å². The maximum atomic E-state index is 13.5. The molecule has 0 fully saturated rings. The number of carbonyl (C=O) groups excluding carboxylic acids is 2. The molecule has 192 valence electrons. The van der Waals surface area contributed by atoms with E-state index >= 15 is 0 Å². The fourth-order valence-corrected chi connectivity index (χ4v) is 4.01. The third kappa shape index (κ3) is 5.97. The summed E-state index contributed by atoms with van der Waals surface area (Å²) in [6.45, 7) is 7.51. The highest BCUT2D eigenvalue weighted by Crippen LogP contribution is 2.33. The zero-order chi connectivity index (χ0) is 26.5. The van der Waals surface area contributed by atoms with Crippen LogP contribution in [0.2, 0.25) is 0 Å². The summed E-state index contributed by atoms with van der Waals surface area (Å²) in [4.78, 5) is 40.5. The van der Waals surface area contributed by atoms with Gasteiger partial charge in [-0.05, 0) is 49.7 Å². The molecule has 2 amide bonds. The first-order valence-corrected chi connectivity index (χ1v) is 11.6. The molecule has 2 heterocycles. The van der Waals surface area contributed by atoms with Crippen molar-refractivity contribution < 1.29 is 28.4 Å². The van der Waals surface area contributed by atoms with Crippen LogP contribution in [0.4, 0.5) is 5.69 Å². The molecule has 0 radical (unpaired) electrons. The fourth-order valence-electron chi connectivity index (χ4n) is 4.01. The molecule has 1 aliphatic rings. The average Bonchev–Trinajstić information content (AvgIpc) is 3.51. The number of ether oxygens (including phenoxy) is 2. The molecule has 0 N–H and O–H groups in total. The average molecular weight is 506 g/mol. The summed E-state index contributed by atoms with van der Waals surface area (Å²) in [6.07, 6.45) is 1.51. The molecule has 4 rings (SSSR count). The Bertz CT molecular complexity index is 1350. The van der Waals surface area contributed by atoms with Crippen LogP contribution in [0.1, 0.15) is 33.0 Å². The van der Waals surface area contributed by atoms with Gasteiger partial charge in [-0.2, -0.15) is 0 Å². The number of fused-ring (bicyclic) bond motifs is 1. The van der Waals surface area contributed by atoms with E-state index in [-0.39, 0.29) is 50.1 Å². The van der Waals surface area contributed by atoms with Gasteiger partial charge in [-0.1, -0.05) is 18.2 Å². The van der Waals surface area contributed by atoms with Gasteiger partial charge >= 0.3 is 0 Å². The molecule has 3 aromatic rings. The highest BCUT2D eigenvalue weighted by atomic mass is 16.7. The Hall–Kier alpha value is -4.60. The number of nitro benzene ring substituents is 1. The minimum atomic E-state index is -0.534. The van der Waals surface area contributed by atoms with E-state index in [2.05, 4.69) is 6.58 Å². The summed E-state index contributed by atoms with van der Waals surface area (Å²) in [5.41, 5.74) is 1.22. The molecule has 0 bridgehead atoms. The van der Waals surface area contributed by atoms with E-state index in [1.807, 2.05) is 25.1 Å². The summed E-state index contributed by atoms with van der Waals surface area (Å²) in [7, 11) is 0.